The van der Waals surface area contributed by atoms with E-state index in [0.717, 1.165) is 10.0 Å². The van der Waals surface area contributed by atoms with Crippen LogP contribution in [0.2, 0.25) is 0 Å². The third kappa shape index (κ3) is 4.44. The van der Waals surface area contributed by atoms with Gasteiger partial charge < -0.3 is 10.1 Å². The van der Waals surface area contributed by atoms with E-state index in [2.05, 4.69) is 26.0 Å². The standard InChI is InChI=1S/C11H12BrNO3/c1-16-11(15)6-10(14)13-7-8-2-4-9(12)5-3-8/h2-5H,6-7H2,1H3,(H,13,14). The monoisotopic (exact) mass is 285 g/mol. The molecule has 0 radical (unpaired) electrons. The molecule has 0 aliphatic heterocycles. The Morgan fingerprint density at radius 2 is 1.94 bits per heavy atom. The van der Waals surface area contributed by atoms with Crippen LogP contribution in [-0.2, 0) is 20.9 Å². The van der Waals surface area contributed by atoms with Crippen LogP contribution in [0.15, 0.2) is 28.7 Å². The Labute approximate surface area is 102 Å². The minimum atomic E-state index is -0.534. The van der Waals surface area contributed by atoms with Gasteiger partial charge in [0.15, 0.2) is 0 Å². The number of carbonyl (C=O) groups is 2. The first-order valence-corrected chi connectivity index (χ1v) is 5.49. The van der Waals surface area contributed by atoms with Gasteiger partial charge in [-0.15, -0.1) is 0 Å². The van der Waals surface area contributed by atoms with Crippen molar-refractivity contribution in [3.8, 4) is 0 Å². The highest BCUT2D eigenvalue weighted by Gasteiger charge is 2.08. The largest absolute Gasteiger partial charge is 0.469 e. The molecule has 86 valence electrons. The summed E-state index contributed by atoms with van der Waals surface area (Å²) in [7, 11) is 1.25. The lowest BCUT2D eigenvalue weighted by Crippen LogP contribution is -2.25. The third-order valence-electron chi connectivity index (χ3n) is 1.94. The molecule has 0 atom stereocenters. The van der Waals surface area contributed by atoms with Crippen LogP contribution in [0.1, 0.15) is 12.0 Å². The highest BCUT2D eigenvalue weighted by Crippen LogP contribution is 2.10. The Hall–Kier alpha value is -1.36. The number of hydrogen-bond donors (Lipinski definition) is 1. The van der Waals surface area contributed by atoms with Gasteiger partial charge in [-0.25, -0.2) is 0 Å². The van der Waals surface area contributed by atoms with E-state index in [-0.39, 0.29) is 12.3 Å². The van der Waals surface area contributed by atoms with E-state index in [9.17, 15) is 9.59 Å². The maximum atomic E-state index is 11.2. The zero-order valence-corrected chi connectivity index (χ0v) is 10.4. The average molecular weight is 286 g/mol. The summed E-state index contributed by atoms with van der Waals surface area (Å²) in [6.45, 7) is 0.406. The number of nitrogens with one attached hydrogen (secondary N) is 1. The first-order valence-electron chi connectivity index (χ1n) is 4.70. The number of carbonyl (C=O) groups excluding carboxylic acids is 2. The van der Waals surface area contributed by atoms with Gasteiger partial charge in [-0.2, -0.15) is 0 Å². The number of benzene rings is 1. The summed E-state index contributed by atoms with van der Waals surface area (Å²) in [5.74, 6) is -0.872. The molecule has 0 aromatic heterocycles. The Morgan fingerprint density at radius 3 is 2.50 bits per heavy atom. The molecule has 5 heteroatoms. The van der Waals surface area contributed by atoms with Crippen LogP contribution >= 0.6 is 15.9 Å². The summed E-state index contributed by atoms with van der Waals surface area (Å²) in [4.78, 5) is 22.0. The van der Waals surface area contributed by atoms with Crippen molar-refractivity contribution < 1.29 is 14.3 Å². The highest BCUT2D eigenvalue weighted by atomic mass is 79.9. The van der Waals surface area contributed by atoms with Crippen molar-refractivity contribution >= 4 is 27.8 Å². The molecule has 0 aliphatic rings. The summed E-state index contributed by atoms with van der Waals surface area (Å²) in [5.41, 5.74) is 0.974. The first kappa shape index (κ1) is 12.7. The maximum absolute atomic E-state index is 11.2. The van der Waals surface area contributed by atoms with Gasteiger partial charge in [0.1, 0.15) is 6.42 Å². The van der Waals surface area contributed by atoms with Crippen LogP contribution in [0, 0.1) is 0 Å². The number of amides is 1. The molecule has 0 unspecified atom stereocenters. The molecule has 0 spiro atoms. The van der Waals surface area contributed by atoms with Crippen molar-refractivity contribution in [2.24, 2.45) is 0 Å². The minimum absolute atomic E-state index is 0.243. The third-order valence-corrected chi connectivity index (χ3v) is 2.46. The summed E-state index contributed by atoms with van der Waals surface area (Å²) >= 11 is 3.32. The number of hydrogen-bond acceptors (Lipinski definition) is 3. The molecule has 0 aliphatic carbocycles. The number of methoxy groups -OCH3 is 1. The SMILES string of the molecule is COC(=O)CC(=O)NCc1ccc(Br)cc1. The summed E-state index contributed by atoms with van der Waals surface area (Å²) in [6, 6.07) is 7.56. The molecule has 4 nitrogen and oxygen atoms in total. The Balaban J connectivity index is 2.37. The van der Waals surface area contributed by atoms with Crippen molar-refractivity contribution in [2.75, 3.05) is 7.11 Å². The Bertz CT molecular complexity index is 375. The quantitative estimate of drug-likeness (QED) is 0.676. The van der Waals surface area contributed by atoms with Crippen LogP contribution in [-0.4, -0.2) is 19.0 Å². The lowest BCUT2D eigenvalue weighted by molar-refractivity contribution is -0.143. The van der Waals surface area contributed by atoms with E-state index in [1.807, 2.05) is 24.3 Å². The fourth-order valence-corrected chi connectivity index (χ4v) is 1.33. The van der Waals surface area contributed by atoms with E-state index in [1.165, 1.54) is 7.11 Å². The van der Waals surface area contributed by atoms with Gasteiger partial charge in [0.05, 0.1) is 7.11 Å². The van der Waals surface area contributed by atoms with Gasteiger partial charge >= 0.3 is 5.97 Å². The predicted molar refractivity (Wildman–Crippen MR) is 62.6 cm³/mol. The molecule has 16 heavy (non-hydrogen) atoms. The molecule has 0 saturated heterocycles. The molecule has 0 bridgehead atoms. The lowest BCUT2D eigenvalue weighted by Gasteiger charge is -2.04. The molecular formula is C11H12BrNO3. The minimum Gasteiger partial charge on any atom is -0.469 e. The van der Waals surface area contributed by atoms with Crippen LogP contribution < -0.4 is 5.32 Å². The summed E-state index contributed by atoms with van der Waals surface area (Å²) in [5, 5.41) is 2.63. The first-order chi connectivity index (χ1) is 7.61. The van der Waals surface area contributed by atoms with Crippen molar-refractivity contribution in [2.45, 2.75) is 13.0 Å². The van der Waals surface area contributed by atoms with Crippen molar-refractivity contribution in [1.29, 1.82) is 0 Å². The lowest BCUT2D eigenvalue weighted by atomic mass is 10.2. The maximum Gasteiger partial charge on any atom is 0.315 e. The molecule has 0 saturated carbocycles. The molecule has 1 amide bonds. The zero-order valence-electron chi connectivity index (χ0n) is 8.83. The fraction of sp³-hybridized carbons (Fsp3) is 0.273. The summed E-state index contributed by atoms with van der Waals surface area (Å²) < 4.78 is 5.37. The van der Waals surface area contributed by atoms with Crippen molar-refractivity contribution in [3.05, 3.63) is 34.3 Å². The smallest absolute Gasteiger partial charge is 0.315 e. The van der Waals surface area contributed by atoms with Crippen molar-refractivity contribution in [1.82, 2.24) is 5.32 Å². The van der Waals surface area contributed by atoms with E-state index in [4.69, 9.17) is 0 Å². The zero-order chi connectivity index (χ0) is 12.0. The molecule has 0 heterocycles. The van der Waals surface area contributed by atoms with Gasteiger partial charge in [0, 0.05) is 11.0 Å². The molecule has 1 rings (SSSR count). The fourth-order valence-electron chi connectivity index (χ4n) is 1.07. The van der Waals surface area contributed by atoms with E-state index >= 15 is 0 Å². The highest BCUT2D eigenvalue weighted by molar-refractivity contribution is 9.10. The van der Waals surface area contributed by atoms with Crippen LogP contribution in [0.25, 0.3) is 0 Å². The topological polar surface area (TPSA) is 55.4 Å². The van der Waals surface area contributed by atoms with Gasteiger partial charge in [-0.05, 0) is 17.7 Å². The number of esters is 1. The molecule has 1 aromatic rings. The van der Waals surface area contributed by atoms with E-state index < -0.39 is 5.97 Å². The summed E-state index contributed by atoms with van der Waals surface area (Å²) in [6.07, 6.45) is -0.243. The van der Waals surface area contributed by atoms with Gasteiger partial charge in [0.2, 0.25) is 5.91 Å². The van der Waals surface area contributed by atoms with Crippen LogP contribution in [0.4, 0.5) is 0 Å². The Kier molecular flexibility index (Phi) is 4.98. The molecule has 1 aromatic carbocycles. The second-order valence-corrected chi connectivity index (χ2v) is 4.07. The molecule has 1 N–H and O–H groups in total. The number of ether oxygens (including phenoxy) is 1. The number of rotatable bonds is 4. The second-order valence-electron chi connectivity index (χ2n) is 3.16. The average Bonchev–Trinajstić information content (AvgIpc) is 2.28. The van der Waals surface area contributed by atoms with Gasteiger partial charge in [-0.3, -0.25) is 9.59 Å². The Morgan fingerprint density at radius 1 is 1.31 bits per heavy atom. The molecular weight excluding hydrogens is 274 g/mol. The van der Waals surface area contributed by atoms with Crippen LogP contribution in [0.5, 0.6) is 0 Å². The van der Waals surface area contributed by atoms with Crippen molar-refractivity contribution in [3.63, 3.8) is 0 Å². The van der Waals surface area contributed by atoms with E-state index in [0.29, 0.717) is 6.54 Å². The normalized spacial score (nSPS) is 9.62. The van der Waals surface area contributed by atoms with Gasteiger partial charge in [-0.1, -0.05) is 28.1 Å². The van der Waals surface area contributed by atoms with Gasteiger partial charge in [0.25, 0.3) is 0 Å². The van der Waals surface area contributed by atoms with E-state index in [1.54, 1.807) is 0 Å². The second kappa shape index (κ2) is 6.27. The molecule has 0 fully saturated rings. The number of halogens is 1. The predicted octanol–water partition coefficient (Wildman–Crippen LogP) is 1.63. The van der Waals surface area contributed by atoms with Crippen LogP contribution in [0.3, 0.4) is 0 Å².